The van der Waals surface area contributed by atoms with Crippen LogP contribution in [0.1, 0.15) is 12.1 Å². The van der Waals surface area contributed by atoms with Crippen molar-refractivity contribution < 1.29 is 0 Å². The molecule has 84 valence electrons. The average Bonchev–Trinajstić information content (AvgIpc) is 2.86. The van der Waals surface area contributed by atoms with Crippen molar-refractivity contribution in [2.75, 3.05) is 13.1 Å². The van der Waals surface area contributed by atoms with Crippen LogP contribution in [-0.4, -0.2) is 22.5 Å². The molecule has 0 bridgehead atoms. The number of imidazole rings is 1. The summed E-state index contributed by atoms with van der Waals surface area (Å²) in [5.41, 5.74) is 2.22. The van der Waals surface area contributed by atoms with Gasteiger partial charge in [0, 0.05) is 16.9 Å². The monoisotopic (exact) mass is 279 g/mol. The first-order valence-corrected chi connectivity index (χ1v) is 6.44. The van der Waals surface area contributed by atoms with Gasteiger partial charge in [-0.1, -0.05) is 15.9 Å². The Morgan fingerprint density at radius 3 is 3.31 bits per heavy atom. The fourth-order valence-electron chi connectivity index (χ4n) is 2.29. The van der Waals surface area contributed by atoms with Gasteiger partial charge in [-0.25, -0.2) is 4.98 Å². The molecule has 0 aromatic carbocycles. The zero-order valence-corrected chi connectivity index (χ0v) is 10.6. The second-order valence-corrected chi connectivity index (χ2v) is 5.32. The molecule has 2 aromatic heterocycles. The van der Waals surface area contributed by atoms with E-state index in [9.17, 15) is 0 Å². The third-order valence-electron chi connectivity index (χ3n) is 3.13. The van der Waals surface area contributed by atoms with E-state index in [4.69, 9.17) is 0 Å². The van der Waals surface area contributed by atoms with Gasteiger partial charge in [-0.05, 0) is 44.0 Å². The zero-order chi connectivity index (χ0) is 11.0. The van der Waals surface area contributed by atoms with Gasteiger partial charge in [0.15, 0.2) is 0 Å². The highest BCUT2D eigenvalue weighted by atomic mass is 79.9. The van der Waals surface area contributed by atoms with E-state index in [0.29, 0.717) is 0 Å². The SMILES string of the molecule is Brc1ccn2cc(CC3CCNC3)nc2c1. The summed E-state index contributed by atoms with van der Waals surface area (Å²) in [7, 11) is 0. The Morgan fingerprint density at radius 1 is 1.56 bits per heavy atom. The molecular weight excluding hydrogens is 266 g/mol. The van der Waals surface area contributed by atoms with Crippen LogP contribution in [-0.2, 0) is 6.42 Å². The second kappa shape index (κ2) is 4.18. The summed E-state index contributed by atoms with van der Waals surface area (Å²) in [6.45, 7) is 2.29. The lowest BCUT2D eigenvalue weighted by molar-refractivity contribution is 0.573. The lowest BCUT2D eigenvalue weighted by atomic mass is 10.0. The molecule has 4 heteroatoms. The minimum Gasteiger partial charge on any atom is -0.316 e. The van der Waals surface area contributed by atoms with Crippen molar-refractivity contribution in [3.63, 3.8) is 0 Å². The molecule has 1 aliphatic rings. The molecule has 1 unspecified atom stereocenters. The van der Waals surface area contributed by atoms with Crippen molar-refractivity contribution in [3.8, 4) is 0 Å². The molecule has 0 amide bonds. The molecule has 3 rings (SSSR count). The van der Waals surface area contributed by atoms with E-state index in [2.05, 4.69) is 42.9 Å². The molecule has 1 atom stereocenters. The summed E-state index contributed by atoms with van der Waals surface area (Å²) in [5.74, 6) is 0.758. The van der Waals surface area contributed by atoms with Gasteiger partial charge in [0.1, 0.15) is 5.65 Å². The summed E-state index contributed by atoms with van der Waals surface area (Å²) >= 11 is 3.47. The van der Waals surface area contributed by atoms with Crippen LogP contribution in [0.5, 0.6) is 0 Å². The summed E-state index contributed by atoms with van der Waals surface area (Å²) < 4.78 is 3.17. The fourth-order valence-corrected chi connectivity index (χ4v) is 2.62. The number of hydrogen-bond donors (Lipinski definition) is 1. The summed E-state index contributed by atoms with van der Waals surface area (Å²) in [6.07, 6.45) is 6.55. The molecule has 0 radical (unpaired) electrons. The van der Waals surface area contributed by atoms with Crippen molar-refractivity contribution in [3.05, 3.63) is 34.7 Å². The van der Waals surface area contributed by atoms with Crippen LogP contribution in [0.4, 0.5) is 0 Å². The third-order valence-corrected chi connectivity index (χ3v) is 3.63. The second-order valence-electron chi connectivity index (χ2n) is 4.41. The Kier molecular flexibility index (Phi) is 2.69. The van der Waals surface area contributed by atoms with Crippen molar-refractivity contribution in [2.45, 2.75) is 12.8 Å². The molecule has 0 spiro atoms. The lowest BCUT2D eigenvalue weighted by Crippen LogP contribution is -2.10. The molecule has 0 saturated carbocycles. The predicted molar refractivity (Wildman–Crippen MR) is 67.6 cm³/mol. The lowest BCUT2D eigenvalue weighted by Gasteiger charge is -2.03. The van der Waals surface area contributed by atoms with E-state index in [1.807, 2.05) is 12.3 Å². The standard InChI is InChI=1S/C12H14BrN3/c13-10-2-4-16-8-11(15-12(16)6-10)5-9-1-3-14-7-9/h2,4,6,8-9,14H,1,3,5,7H2. The first-order valence-electron chi connectivity index (χ1n) is 5.65. The number of fused-ring (bicyclic) bond motifs is 1. The largest absolute Gasteiger partial charge is 0.316 e. The Hall–Kier alpha value is -0.870. The maximum Gasteiger partial charge on any atom is 0.138 e. The van der Waals surface area contributed by atoms with E-state index in [1.54, 1.807) is 0 Å². The molecule has 0 aliphatic carbocycles. The van der Waals surface area contributed by atoms with Gasteiger partial charge in [0.2, 0.25) is 0 Å². The number of nitrogens with zero attached hydrogens (tertiary/aromatic N) is 2. The van der Waals surface area contributed by atoms with Crippen LogP contribution in [0.25, 0.3) is 5.65 Å². The Balaban J connectivity index is 1.86. The number of rotatable bonds is 2. The summed E-state index contributed by atoms with van der Waals surface area (Å²) in [6, 6.07) is 4.09. The molecule has 3 nitrogen and oxygen atoms in total. The average molecular weight is 280 g/mol. The van der Waals surface area contributed by atoms with Gasteiger partial charge in [-0.3, -0.25) is 0 Å². The van der Waals surface area contributed by atoms with Crippen molar-refractivity contribution >= 4 is 21.6 Å². The first kappa shape index (κ1) is 10.3. The number of pyridine rings is 1. The Bertz CT molecular complexity index is 500. The van der Waals surface area contributed by atoms with Crippen LogP contribution in [0.15, 0.2) is 29.0 Å². The van der Waals surface area contributed by atoms with E-state index >= 15 is 0 Å². The minimum absolute atomic E-state index is 0.758. The van der Waals surface area contributed by atoms with Crippen LogP contribution in [0.3, 0.4) is 0 Å². The summed E-state index contributed by atoms with van der Waals surface area (Å²) in [4.78, 5) is 4.64. The zero-order valence-electron chi connectivity index (χ0n) is 8.99. The predicted octanol–water partition coefficient (Wildman–Crippen LogP) is 2.25. The van der Waals surface area contributed by atoms with Crippen molar-refractivity contribution in [2.24, 2.45) is 5.92 Å². The molecule has 1 N–H and O–H groups in total. The van der Waals surface area contributed by atoms with E-state index in [-0.39, 0.29) is 0 Å². The van der Waals surface area contributed by atoms with Crippen LogP contribution >= 0.6 is 15.9 Å². The highest BCUT2D eigenvalue weighted by Gasteiger charge is 2.16. The first-order chi connectivity index (χ1) is 7.81. The van der Waals surface area contributed by atoms with Gasteiger partial charge in [0.05, 0.1) is 5.69 Å². The van der Waals surface area contributed by atoms with Gasteiger partial charge in [-0.15, -0.1) is 0 Å². The fraction of sp³-hybridized carbons (Fsp3) is 0.417. The number of halogens is 1. The number of nitrogens with one attached hydrogen (secondary N) is 1. The molecule has 16 heavy (non-hydrogen) atoms. The smallest absolute Gasteiger partial charge is 0.138 e. The van der Waals surface area contributed by atoms with Crippen LogP contribution < -0.4 is 5.32 Å². The van der Waals surface area contributed by atoms with Crippen molar-refractivity contribution in [1.29, 1.82) is 0 Å². The van der Waals surface area contributed by atoms with E-state index < -0.39 is 0 Å². The quantitative estimate of drug-likeness (QED) is 0.914. The number of hydrogen-bond acceptors (Lipinski definition) is 2. The maximum absolute atomic E-state index is 4.64. The Morgan fingerprint density at radius 2 is 2.50 bits per heavy atom. The molecule has 2 aromatic rings. The molecule has 1 aliphatic heterocycles. The van der Waals surface area contributed by atoms with Gasteiger partial charge in [0.25, 0.3) is 0 Å². The van der Waals surface area contributed by atoms with Crippen LogP contribution in [0.2, 0.25) is 0 Å². The topological polar surface area (TPSA) is 29.3 Å². The van der Waals surface area contributed by atoms with Gasteiger partial charge in [-0.2, -0.15) is 0 Å². The maximum atomic E-state index is 4.64. The van der Waals surface area contributed by atoms with Gasteiger partial charge >= 0.3 is 0 Å². The molecule has 1 saturated heterocycles. The molecule has 1 fully saturated rings. The highest BCUT2D eigenvalue weighted by molar-refractivity contribution is 9.10. The molecular formula is C12H14BrN3. The number of aromatic nitrogens is 2. The Labute approximate surface area is 103 Å². The van der Waals surface area contributed by atoms with E-state index in [0.717, 1.165) is 35.5 Å². The van der Waals surface area contributed by atoms with Crippen molar-refractivity contribution in [1.82, 2.24) is 14.7 Å². The minimum atomic E-state index is 0.758. The van der Waals surface area contributed by atoms with Crippen LogP contribution in [0, 0.1) is 5.92 Å². The summed E-state index contributed by atoms with van der Waals surface area (Å²) in [5, 5.41) is 3.39. The molecule has 3 heterocycles. The normalized spacial score (nSPS) is 20.7. The highest BCUT2D eigenvalue weighted by Crippen LogP contribution is 2.17. The third kappa shape index (κ3) is 1.99. The van der Waals surface area contributed by atoms with E-state index in [1.165, 1.54) is 12.1 Å². The van der Waals surface area contributed by atoms with Gasteiger partial charge < -0.3 is 9.72 Å².